The summed E-state index contributed by atoms with van der Waals surface area (Å²) in [6.45, 7) is 6.37. The largest absolute Gasteiger partial charge is 0.374 e. The molecule has 0 saturated carbocycles. The number of benzene rings is 2. The fraction of sp³-hybridized carbons (Fsp3) is 0.548. The van der Waals surface area contributed by atoms with Crippen LogP contribution in [-0.2, 0) is 31.6 Å². The van der Waals surface area contributed by atoms with Crippen LogP contribution in [0.3, 0.4) is 0 Å². The number of amides is 3. The Labute approximate surface area is 249 Å². The van der Waals surface area contributed by atoms with Gasteiger partial charge in [0, 0.05) is 37.6 Å². The average Bonchev–Trinajstić information content (AvgIpc) is 3.59. The van der Waals surface area contributed by atoms with Gasteiger partial charge < -0.3 is 20.3 Å². The van der Waals surface area contributed by atoms with Crippen LogP contribution in [0.1, 0.15) is 43.7 Å². The molecule has 2 aromatic carbocycles. The van der Waals surface area contributed by atoms with Crippen molar-refractivity contribution in [3.63, 3.8) is 0 Å². The molecular formula is C31H43N5O5S. The molecule has 1 spiro atoms. The van der Waals surface area contributed by atoms with Crippen molar-refractivity contribution in [1.82, 2.24) is 20.4 Å². The molecule has 2 fully saturated rings. The van der Waals surface area contributed by atoms with E-state index in [1.54, 1.807) is 4.90 Å². The van der Waals surface area contributed by atoms with Crippen molar-refractivity contribution >= 4 is 27.6 Å². The predicted octanol–water partition coefficient (Wildman–Crippen LogP) is 2.70. The smallest absolute Gasteiger partial charge is 0.315 e. The third kappa shape index (κ3) is 6.74. The monoisotopic (exact) mass is 597 g/mol. The summed E-state index contributed by atoms with van der Waals surface area (Å²) >= 11 is 0. The molecule has 0 unspecified atom stereocenters. The van der Waals surface area contributed by atoms with E-state index in [1.807, 2.05) is 54.6 Å². The quantitative estimate of drug-likeness (QED) is 0.436. The van der Waals surface area contributed by atoms with Crippen molar-refractivity contribution in [2.45, 2.75) is 56.7 Å². The summed E-state index contributed by atoms with van der Waals surface area (Å²) in [6, 6.07) is 16.5. The second kappa shape index (κ2) is 13.0. The first-order valence-electron chi connectivity index (χ1n) is 15.0. The predicted molar refractivity (Wildman–Crippen MR) is 163 cm³/mol. The third-order valence-electron chi connectivity index (χ3n) is 9.03. The second-order valence-electron chi connectivity index (χ2n) is 11.7. The van der Waals surface area contributed by atoms with Crippen LogP contribution in [0.25, 0.3) is 0 Å². The molecule has 11 heteroatoms. The van der Waals surface area contributed by atoms with E-state index < -0.39 is 16.1 Å². The molecular weight excluding hydrogens is 554 g/mol. The minimum atomic E-state index is -3.42. The van der Waals surface area contributed by atoms with E-state index in [4.69, 9.17) is 4.74 Å². The van der Waals surface area contributed by atoms with E-state index in [2.05, 4.69) is 22.5 Å². The highest BCUT2D eigenvalue weighted by atomic mass is 32.2. The van der Waals surface area contributed by atoms with Gasteiger partial charge in [-0.25, -0.2) is 13.2 Å². The number of sulfonamides is 1. The summed E-state index contributed by atoms with van der Waals surface area (Å²) in [6.07, 6.45) is 4.69. The zero-order valence-electron chi connectivity index (χ0n) is 24.6. The zero-order valence-corrected chi connectivity index (χ0v) is 25.4. The van der Waals surface area contributed by atoms with Crippen molar-refractivity contribution in [1.29, 1.82) is 0 Å². The fourth-order valence-corrected chi connectivity index (χ4v) is 7.69. The van der Waals surface area contributed by atoms with E-state index in [9.17, 15) is 18.0 Å². The van der Waals surface area contributed by atoms with Gasteiger partial charge in [-0.05, 0) is 56.0 Å². The Morgan fingerprint density at radius 1 is 1.05 bits per heavy atom. The molecule has 42 heavy (non-hydrogen) atoms. The van der Waals surface area contributed by atoms with Crippen molar-refractivity contribution in [2.24, 2.45) is 0 Å². The second-order valence-corrected chi connectivity index (χ2v) is 13.6. The summed E-state index contributed by atoms with van der Waals surface area (Å²) in [5, 5.41) is 5.86. The van der Waals surface area contributed by atoms with Crippen LogP contribution in [0.15, 0.2) is 54.6 Å². The Morgan fingerprint density at radius 2 is 1.76 bits per heavy atom. The molecule has 2 atom stereocenters. The number of anilines is 1. The lowest BCUT2D eigenvalue weighted by Crippen LogP contribution is -2.57. The number of urea groups is 1. The van der Waals surface area contributed by atoms with Crippen LogP contribution < -0.4 is 14.9 Å². The SMILES string of the molecule is CCN1CCC[C@@H]1CNC(=O)N[C@H](COCc1ccccc1)C(=O)N1CCC2(CC1)CN(S(C)(=O)=O)c1ccccc12. The van der Waals surface area contributed by atoms with Crippen LogP contribution in [0.2, 0.25) is 0 Å². The minimum Gasteiger partial charge on any atom is -0.374 e. The molecule has 0 bridgehead atoms. The summed E-state index contributed by atoms with van der Waals surface area (Å²) < 4.78 is 32.5. The van der Waals surface area contributed by atoms with Crippen LogP contribution in [0.4, 0.5) is 10.5 Å². The molecule has 0 aliphatic carbocycles. The number of hydrogen-bond acceptors (Lipinski definition) is 6. The Kier molecular flexibility index (Phi) is 9.39. The first kappa shape index (κ1) is 30.3. The van der Waals surface area contributed by atoms with Gasteiger partial charge >= 0.3 is 6.03 Å². The lowest BCUT2D eigenvalue weighted by atomic mass is 9.74. The van der Waals surface area contributed by atoms with Crippen LogP contribution >= 0.6 is 0 Å². The number of para-hydroxylation sites is 1. The van der Waals surface area contributed by atoms with Crippen LogP contribution in [-0.4, -0.2) is 94.4 Å². The lowest BCUT2D eigenvalue weighted by molar-refractivity contribution is -0.136. The number of carbonyl (C=O) groups is 2. The molecule has 3 heterocycles. The number of nitrogens with one attached hydrogen (secondary N) is 2. The number of hydrogen-bond donors (Lipinski definition) is 2. The summed E-state index contributed by atoms with van der Waals surface area (Å²) in [5.74, 6) is -0.185. The molecule has 0 radical (unpaired) electrons. The van der Waals surface area contributed by atoms with Crippen molar-refractivity contribution in [2.75, 3.05) is 56.4 Å². The zero-order chi connectivity index (χ0) is 29.7. The molecule has 228 valence electrons. The van der Waals surface area contributed by atoms with Crippen molar-refractivity contribution in [3.8, 4) is 0 Å². The average molecular weight is 598 g/mol. The fourth-order valence-electron chi connectivity index (χ4n) is 6.69. The summed E-state index contributed by atoms with van der Waals surface area (Å²) in [7, 11) is -3.42. The summed E-state index contributed by atoms with van der Waals surface area (Å²) in [5.41, 5.74) is 2.40. The molecule has 2 saturated heterocycles. The van der Waals surface area contributed by atoms with E-state index in [-0.39, 0.29) is 24.0 Å². The number of fused-ring (bicyclic) bond motifs is 2. The maximum Gasteiger partial charge on any atom is 0.315 e. The van der Waals surface area contributed by atoms with Crippen molar-refractivity contribution in [3.05, 3.63) is 65.7 Å². The topological polar surface area (TPSA) is 111 Å². The Hall–Kier alpha value is -3.15. The Bertz CT molecular complexity index is 1350. The number of nitrogens with zero attached hydrogens (tertiary/aromatic N) is 3. The van der Waals surface area contributed by atoms with Gasteiger partial charge in [0.15, 0.2) is 0 Å². The minimum absolute atomic E-state index is 0.0536. The van der Waals surface area contributed by atoms with Gasteiger partial charge in [-0.1, -0.05) is 55.5 Å². The van der Waals surface area contributed by atoms with Gasteiger partial charge in [0.1, 0.15) is 6.04 Å². The molecule has 3 aliphatic heterocycles. The molecule has 2 aromatic rings. The van der Waals surface area contributed by atoms with Crippen LogP contribution in [0, 0.1) is 0 Å². The lowest BCUT2D eigenvalue weighted by Gasteiger charge is -2.40. The highest BCUT2D eigenvalue weighted by molar-refractivity contribution is 7.92. The van der Waals surface area contributed by atoms with E-state index in [1.165, 1.54) is 10.6 Å². The molecule has 2 N–H and O–H groups in total. The summed E-state index contributed by atoms with van der Waals surface area (Å²) in [4.78, 5) is 30.9. The first-order chi connectivity index (χ1) is 20.2. The number of likely N-dealkylation sites (tertiary alicyclic amines) is 2. The van der Waals surface area contributed by atoms with Gasteiger partial charge in [0.2, 0.25) is 15.9 Å². The van der Waals surface area contributed by atoms with E-state index >= 15 is 0 Å². The highest BCUT2D eigenvalue weighted by Gasteiger charge is 2.47. The molecule has 3 amide bonds. The molecule has 3 aliphatic rings. The van der Waals surface area contributed by atoms with E-state index in [0.717, 1.165) is 42.7 Å². The van der Waals surface area contributed by atoms with Crippen molar-refractivity contribution < 1.29 is 22.7 Å². The standard InChI is InChI=1S/C31H43N5O5S/c1-3-34-17-9-12-25(34)20-32-30(38)33-27(22-41-21-24-10-5-4-6-11-24)29(37)35-18-15-31(16-19-35)23-36(42(2,39)40)28-14-8-7-13-26(28)31/h4-8,10-11,13-14,25,27H,3,9,12,15-23H2,1-2H3,(H2,32,33,38)/t25-,27-/m1/s1. The first-order valence-corrected chi connectivity index (χ1v) is 16.8. The molecule has 5 rings (SSSR count). The normalized spacial score (nSPS) is 20.9. The highest BCUT2D eigenvalue weighted by Crippen LogP contribution is 2.47. The number of rotatable bonds is 10. The van der Waals surface area contributed by atoms with Gasteiger partial charge in [0.05, 0.1) is 25.2 Å². The molecule has 0 aromatic heterocycles. The third-order valence-corrected chi connectivity index (χ3v) is 10.2. The van der Waals surface area contributed by atoms with Gasteiger partial charge in [-0.3, -0.25) is 14.0 Å². The van der Waals surface area contributed by atoms with Crippen LogP contribution in [0.5, 0.6) is 0 Å². The number of piperidine rings is 1. The maximum atomic E-state index is 13.8. The maximum absolute atomic E-state index is 13.8. The van der Waals surface area contributed by atoms with Gasteiger partial charge in [-0.2, -0.15) is 0 Å². The number of ether oxygens (including phenoxy) is 1. The molecule has 10 nitrogen and oxygen atoms in total. The number of carbonyl (C=O) groups excluding carboxylic acids is 2. The van der Waals surface area contributed by atoms with Gasteiger partial charge in [-0.15, -0.1) is 0 Å². The Morgan fingerprint density at radius 3 is 2.48 bits per heavy atom. The number of likely N-dealkylation sites (N-methyl/N-ethyl adjacent to an activating group) is 1. The van der Waals surface area contributed by atoms with E-state index in [0.29, 0.717) is 51.7 Å². The van der Waals surface area contributed by atoms with Gasteiger partial charge in [0.25, 0.3) is 0 Å². The Balaban J connectivity index is 1.23.